The summed E-state index contributed by atoms with van der Waals surface area (Å²) in [5.41, 5.74) is 0.104. The Labute approximate surface area is 179 Å². The van der Waals surface area contributed by atoms with E-state index in [4.69, 9.17) is 25.8 Å². The van der Waals surface area contributed by atoms with Crippen molar-refractivity contribution in [3.8, 4) is 22.9 Å². The van der Waals surface area contributed by atoms with Crippen molar-refractivity contribution in [2.24, 2.45) is 0 Å². The highest BCUT2D eigenvalue weighted by atomic mass is 35.5. The fourth-order valence-electron chi connectivity index (χ4n) is 2.57. The van der Waals surface area contributed by atoms with Gasteiger partial charge in [-0.25, -0.2) is 0 Å². The number of hydrogen-bond donors (Lipinski definition) is 1. The molecule has 8 heteroatoms. The highest BCUT2D eigenvalue weighted by Gasteiger charge is 2.16. The molecular formula is C22H23ClN2O5. The van der Waals surface area contributed by atoms with Crippen molar-refractivity contribution in [2.75, 3.05) is 13.7 Å². The van der Waals surface area contributed by atoms with E-state index in [-0.39, 0.29) is 12.2 Å². The summed E-state index contributed by atoms with van der Waals surface area (Å²) in [6.07, 6.45) is 1.47. The molecule has 3 rings (SSSR count). The van der Waals surface area contributed by atoms with Gasteiger partial charge in [-0.3, -0.25) is 4.79 Å². The maximum atomic E-state index is 12.5. The minimum Gasteiger partial charge on any atom is -0.493 e. The summed E-state index contributed by atoms with van der Waals surface area (Å²) < 4.78 is 17.8. The lowest BCUT2D eigenvalue weighted by Crippen LogP contribution is -2.28. The van der Waals surface area contributed by atoms with Gasteiger partial charge >= 0.3 is 0 Å². The second kappa shape index (κ2) is 9.19. The van der Waals surface area contributed by atoms with E-state index in [2.05, 4.69) is 5.10 Å². The van der Waals surface area contributed by atoms with Crippen LogP contribution in [-0.2, 0) is 6.61 Å². The molecular weight excluding hydrogens is 408 g/mol. The third kappa shape index (κ3) is 5.75. The zero-order chi connectivity index (χ0) is 21.7. The van der Waals surface area contributed by atoms with Gasteiger partial charge in [0, 0.05) is 17.2 Å². The van der Waals surface area contributed by atoms with Crippen molar-refractivity contribution in [3.63, 3.8) is 0 Å². The molecule has 0 aliphatic heterocycles. The highest BCUT2D eigenvalue weighted by Crippen LogP contribution is 2.29. The Balaban J connectivity index is 1.75. The number of nitrogens with zero attached hydrogens (tertiary/aromatic N) is 2. The van der Waals surface area contributed by atoms with E-state index in [9.17, 15) is 9.90 Å². The summed E-state index contributed by atoms with van der Waals surface area (Å²) in [5, 5.41) is 14.7. The maximum Gasteiger partial charge on any atom is 0.275 e. The largest absolute Gasteiger partial charge is 0.493 e. The number of aliphatic hydroxyl groups is 1. The normalized spacial score (nSPS) is 11.2. The zero-order valence-corrected chi connectivity index (χ0v) is 17.7. The minimum atomic E-state index is -0.982. The van der Waals surface area contributed by atoms with Gasteiger partial charge in [-0.1, -0.05) is 23.7 Å². The first-order valence-electron chi connectivity index (χ1n) is 9.25. The Morgan fingerprint density at radius 1 is 1.07 bits per heavy atom. The summed E-state index contributed by atoms with van der Waals surface area (Å²) in [6.45, 7) is 3.69. The van der Waals surface area contributed by atoms with Gasteiger partial charge < -0.3 is 19.3 Å². The van der Waals surface area contributed by atoms with Gasteiger partial charge in [0.05, 0.1) is 24.6 Å². The molecule has 0 saturated heterocycles. The summed E-state index contributed by atoms with van der Waals surface area (Å²) in [7, 11) is 1.50. The molecule has 3 aromatic rings. The van der Waals surface area contributed by atoms with Crippen LogP contribution in [0.3, 0.4) is 0 Å². The first kappa shape index (κ1) is 21.7. The molecule has 0 spiro atoms. The molecule has 0 unspecified atom stereocenters. The molecule has 1 N–H and O–H groups in total. The zero-order valence-electron chi connectivity index (χ0n) is 17.0. The van der Waals surface area contributed by atoms with Crippen molar-refractivity contribution in [3.05, 3.63) is 75.7 Å². The SMILES string of the molecule is COc1cc(-n2ncc(OCc3ccc(Cl)cc3)cc2=O)ccc1OCC(C)(C)O. The Bertz CT molecular complexity index is 1060. The Kier molecular flexibility index (Phi) is 6.64. The van der Waals surface area contributed by atoms with E-state index in [1.807, 2.05) is 12.1 Å². The van der Waals surface area contributed by atoms with Crippen LogP contribution in [-0.4, -0.2) is 34.2 Å². The molecule has 30 heavy (non-hydrogen) atoms. The molecule has 158 valence electrons. The van der Waals surface area contributed by atoms with E-state index in [0.29, 0.717) is 34.6 Å². The second-order valence-corrected chi connectivity index (χ2v) is 7.73. The highest BCUT2D eigenvalue weighted by molar-refractivity contribution is 6.30. The molecule has 2 aromatic carbocycles. The van der Waals surface area contributed by atoms with Crippen molar-refractivity contribution in [1.82, 2.24) is 9.78 Å². The van der Waals surface area contributed by atoms with E-state index in [1.54, 1.807) is 44.2 Å². The van der Waals surface area contributed by atoms with E-state index in [0.717, 1.165) is 5.56 Å². The number of hydrogen-bond acceptors (Lipinski definition) is 6. The number of halogens is 1. The topological polar surface area (TPSA) is 82.8 Å². The lowest BCUT2D eigenvalue weighted by atomic mass is 10.2. The Hall–Kier alpha value is -3.03. The van der Waals surface area contributed by atoms with Crippen LogP contribution in [0.25, 0.3) is 5.69 Å². The molecule has 0 radical (unpaired) electrons. The van der Waals surface area contributed by atoms with Crippen molar-refractivity contribution in [1.29, 1.82) is 0 Å². The average Bonchev–Trinajstić information content (AvgIpc) is 2.71. The van der Waals surface area contributed by atoms with Gasteiger partial charge in [-0.15, -0.1) is 0 Å². The van der Waals surface area contributed by atoms with Crippen LogP contribution >= 0.6 is 11.6 Å². The monoisotopic (exact) mass is 430 g/mol. The van der Waals surface area contributed by atoms with Crippen LogP contribution < -0.4 is 19.8 Å². The van der Waals surface area contributed by atoms with Crippen LogP contribution in [0.2, 0.25) is 5.02 Å². The predicted octanol–water partition coefficient (Wildman–Crippen LogP) is 3.62. The molecule has 0 aliphatic carbocycles. The Morgan fingerprint density at radius 2 is 1.80 bits per heavy atom. The molecule has 1 heterocycles. The molecule has 1 aromatic heterocycles. The number of benzene rings is 2. The van der Waals surface area contributed by atoms with Crippen LogP contribution in [0.5, 0.6) is 17.2 Å². The van der Waals surface area contributed by atoms with Crippen molar-refractivity contribution < 1.29 is 19.3 Å². The number of aromatic nitrogens is 2. The molecule has 0 saturated carbocycles. The summed E-state index contributed by atoms with van der Waals surface area (Å²) in [6, 6.07) is 13.6. The van der Waals surface area contributed by atoms with Gasteiger partial charge in [0.1, 0.15) is 19.0 Å². The van der Waals surface area contributed by atoms with E-state index >= 15 is 0 Å². The smallest absolute Gasteiger partial charge is 0.275 e. The van der Waals surface area contributed by atoms with Crippen LogP contribution in [0.4, 0.5) is 0 Å². The molecule has 7 nitrogen and oxygen atoms in total. The number of methoxy groups -OCH3 is 1. The quantitative estimate of drug-likeness (QED) is 0.587. The van der Waals surface area contributed by atoms with Crippen molar-refractivity contribution >= 4 is 11.6 Å². The van der Waals surface area contributed by atoms with Gasteiger partial charge in [0.25, 0.3) is 5.56 Å². The standard InChI is InChI=1S/C22H23ClN2O5/c1-22(2,27)14-30-19-9-8-17(10-20(19)28-3)25-21(26)11-18(12-24-25)29-13-15-4-6-16(23)7-5-15/h4-12,27H,13-14H2,1-3H3. The van der Waals surface area contributed by atoms with E-state index in [1.165, 1.54) is 24.1 Å². The summed E-state index contributed by atoms with van der Waals surface area (Å²) in [4.78, 5) is 12.5. The third-order valence-electron chi connectivity index (χ3n) is 4.07. The fourth-order valence-corrected chi connectivity index (χ4v) is 2.70. The van der Waals surface area contributed by atoms with Crippen LogP contribution in [0, 0.1) is 0 Å². The fraction of sp³-hybridized carbons (Fsp3) is 0.273. The van der Waals surface area contributed by atoms with Crippen LogP contribution in [0.15, 0.2) is 59.5 Å². The molecule has 0 fully saturated rings. The van der Waals surface area contributed by atoms with Gasteiger partial charge in [-0.2, -0.15) is 9.78 Å². The second-order valence-electron chi connectivity index (χ2n) is 7.29. The van der Waals surface area contributed by atoms with Gasteiger partial charge in [0.15, 0.2) is 11.5 Å². The van der Waals surface area contributed by atoms with E-state index < -0.39 is 5.60 Å². The first-order valence-corrected chi connectivity index (χ1v) is 9.63. The summed E-state index contributed by atoms with van der Waals surface area (Å²) in [5.74, 6) is 1.25. The molecule has 0 aliphatic rings. The predicted molar refractivity (Wildman–Crippen MR) is 114 cm³/mol. The van der Waals surface area contributed by atoms with Gasteiger partial charge in [0.2, 0.25) is 0 Å². The number of ether oxygens (including phenoxy) is 3. The molecule has 0 amide bonds. The Morgan fingerprint density at radius 3 is 2.43 bits per heavy atom. The van der Waals surface area contributed by atoms with Gasteiger partial charge in [-0.05, 0) is 43.7 Å². The molecule has 0 bridgehead atoms. The molecule has 0 atom stereocenters. The first-order chi connectivity index (χ1) is 14.2. The lowest BCUT2D eigenvalue weighted by Gasteiger charge is -2.19. The minimum absolute atomic E-state index is 0.0978. The number of rotatable bonds is 8. The average molecular weight is 431 g/mol. The summed E-state index contributed by atoms with van der Waals surface area (Å²) >= 11 is 5.87. The van der Waals surface area contributed by atoms with Crippen molar-refractivity contribution in [2.45, 2.75) is 26.1 Å². The third-order valence-corrected chi connectivity index (χ3v) is 4.32. The van der Waals surface area contributed by atoms with Crippen LogP contribution in [0.1, 0.15) is 19.4 Å². The maximum absolute atomic E-state index is 12.5. The lowest BCUT2D eigenvalue weighted by molar-refractivity contribution is 0.0276.